The van der Waals surface area contributed by atoms with Crippen LogP contribution in [0.4, 0.5) is 0 Å². The summed E-state index contributed by atoms with van der Waals surface area (Å²) in [5.41, 5.74) is 0. The summed E-state index contributed by atoms with van der Waals surface area (Å²) in [6.45, 7) is 11.3. The second-order valence-corrected chi connectivity index (χ2v) is 3.94. The van der Waals surface area contributed by atoms with Gasteiger partial charge in [-0.1, -0.05) is 13.8 Å². The van der Waals surface area contributed by atoms with Crippen LogP contribution in [0.2, 0.25) is 0 Å². The van der Waals surface area contributed by atoms with E-state index in [1.807, 2.05) is 0 Å². The molecule has 0 saturated carbocycles. The normalized spacial score (nSPS) is 11.6. The molecule has 0 aromatic heterocycles. The summed E-state index contributed by atoms with van der Waals surface area (Å²) in [4.78, 5) is 4.75. The molecule has 3 heteroatoms. The zero-order chi connectivity index (χ0) is 10.8. The van der Waals surface area contributed by atoms with Gasteiger partial charge in [0.2, 0.25) is 0 Å². The van der Waals surface area contributed by atoms with Gasteiger partial charge in [0.15, 0.2) is 0 Å². The van der Waals surface area contributed by atoms with Crippen LogP contribution < -0.4 is 5.32 Å². The van der Waals surface area contributed by atoms with Gasteiger partial charge in [-0.25, -0.2) is 0 Å². The number of likely N-dealkylation sites (N-methyl/N-ethyl adjacent to an activating group) is 2. The summed E-state index contributed by atoms with van der Waals surface area (Å²) < 4.78 is 0. The largest absolute Gasteiger partial charge is 0.316 e. The van der Waals surface area contributed by atoms with Crippen LogP contribution in [-0.2, 0) is 0 Å². The van der Waals surface area contributed by atoms with Crippen LogP contribution in [-0.4, -0.2) is 63.2 Å². The molecule has 0 amide bonds. The van der Waals surface area contributed by atoms with Crippen LogP contribution in [0.25, 0.3) is 0 Å². The Kier molecular flexibility index (Phi) is 9.35. The minimum Gasteiger partial charge on any atom is -0.316 e. The lowest BCUT2D eigenvalue weighted by atomic mass is 10.3. The molecule has 0 rings (SSSR count). The van der Waals surface area contributed by atoms with Crippen molar-refractivity contribution in [3.63, 3.8) is 0 Å². The molecular weight excluding hydrogens is 174 g/mol. The van der Waals surface area contributed by atoms with E-state index in [2.05, 4.69) is 43.1 Å². The summed E-state index contributed by atoms with van der Waals surface area (Å²) in [5.74, 6) is 0. The molecule has 0 spiro atoms. The lowest BCUT2D eigenvalue weighted by molar-refractivity contribution is 0.266. The Morgan fingerprint density at radius 1 is 1.00 bits per heavy atom. The Balaban J connectivity index is 3.38. The number of nitrogens with zero attached hydrogens (tertiary/aromatic N) is 2. The number of nitrogens with one attached hydrogen (secondary N) is 1. The Morgan fingerprint density at radius 3 is 2.21 bits per heavy atom. The molecule has 1 N–H and O–H groups in total. The molecule has 3 nitrogen and oxygen atoms in total. The highest BCUT2D eigenvalue weighted by molar-refractivity contribution is 4.58. The third-order valence-corrected chi connectivity index (χ3v) is 2.38. The van der Waals surface area contributed by atoms with Crippen molar-refractivity contribution in [2.45, 2.75) is 20.3 Å². The van der Waals surface area contributed by atoms with E-state index in [1.165, 1.54) is 32.6 Å². The maximum absolute atomic E-state index is 3.36. The number of rotatable bonds is 9. The molecule has 0 aliphatic heterocycles. The third-order valence-electron chi connectivity index (χ3n) is 2.38. The summed E-state index contributed by atoms with van der Waals surface area (Å²) >= 11 is 0. The van der Waals surface area contributed by atoms with E-state index in [-0.39, 0.29) is 0 Å². The van der Waals surface area contributed by atoms with Crippen molar-refractivity contribution in [2.24, 2.45) is 0 Å². The summed E-state index contributed by atoms with van der Waals surface area (Å²) in [6.07, 6.45) is 1.27. The monoisotopic (exact) mass is 201 g/mol. The molecule has 0 fully saturated rings. The van der Waals surface area contributed by atoms with E-state index < -0.39 is 0 Å². The first-order chi connectivity index (χ1) is 6.70. The molecule has 0 atom stereocenters. The minimum absolute atomic E-state index is 1.08. The fraction of sp³-hybridized carbons (Fsp3) is 1.00. The summed E-state index contributed by atoms with van der Waals surface area (Å²) in [6, 6.07) is 0. The van der Waals surface area contributed by atoms with Crippen molar-refractivity contribution in [1.29, 1.82) is 0 Å². The van der Waals surface area contributed by atoms with Crippen molar-refractivity contribution >= 4 is 0 Å². The molecule has 0 aromatic rings. The van der Waals surface area contributed by atoms with Gasteiger partial charge in [0.1, 0.15) is 0 Å². The topological polar surface area (TPSA) is 18.5 Å². The minimum atomic E-state index is 1.08. The quantitative estimate of drug-likeness (QED) is 0.559. The van der Waals surface area contributed by atoms with Crippen LogP contribution in [0.1, 0.15) is 20.3 Å². The molecular formula is C11H27N3. The molecule has 86 valence electrons. The van der Waals surface area contributed by atoms with Gasteiger partial charge in [-0.05, 0) is 46.7 Å². The Labute approximate surface area is 89.5 Å². The molecule has 0 aliphatic rings. The zero-order valence-electron chi connectivity index (χ0n) is 10.3. The van der Waals surface area contributed by atoms with Crippen molar-refractivity contribution in [3.05, 3.63) is 0 Å². The lowest BCUT2D eigenvalue weighted by Crippen LogP contribution is -2.33. The molecule has 14 heavy (non-hydrogen) atoms. The molecule has 0 saturated heterocycles. The molecule has 0 aliphatic carbocycles. The highest BCUT2D eigenvalue weighted by Crippen LogP contribution is 1.91. The van der Waals surface area contributed by atoms with E-state index in [0.29, 0.717) is 0 Å². The lowest BCUT2D eigenvalue weighted by Gasteiger charge is -2.21. The van der Waals surface area contributed by atoms with Gasteiger partial charge in [0, 0.05) is 13.1 Å². The SMILES string of the molecule is CCNCCN(CC)CCCN(C)C. The average molecular weight is 201 g/mol. The van der Waals surface area contributed by atoms with Crippen LogP contribution in [0.3, 0.4) is 0 Å². The Bertz CT molecular complexity index is 115. The van der Waals surface area contributed by atoms with E-state index in [1.54, 1.807) is 0 Å². The molecule has 0 unspecified atom stereocenters. The standard InChI is InChI=1S/C11H27N3/c1-5-12-8-11-14(6-2)10-7-9-13(3)4/h12H,5-11H2,1-4H3. The van der Waals surface area contributed by atoms with Crippen molar-refractivity contribution in [1.82, 2.24) is 15.1 Å². The van der Waals surface area contributed by atoms with Crippen molar-refractivity contribution in [3.8, 4) is 0 Å². The fourth-order valence-corrected chi connectivity index (χ4v) is 1.45. The van der Waals surface area contributed by atoms with Gasteiger partial charge >= 0.3 is 0 Å². The first-order valence-electron chi connectivity index (χ1n) is 5.78. The van der Waals surface area contributed by atoms with Crippen molar-refractivity contribution in [2.75, 3.05) is 53.4 Å². The van der Waals surface area contributed by atoms with Crippen LogP contribution in [0.15, 0.2) is 0 Å². The van der Waals surface area contributed by atoms with E-state index in [9.17, 15) is 0 Å². The predicted molar refractivity (Wildman–Crippen MR) is 63.8 cm³/mol. The Morgan fingerprint density at radius 2 is 1.71 bits per heavy atom. The highest BCUT2D eigenvalue weighted by atomic mass is 15.1. The zero-order valence-corrected chi connectivity index (χ0v) is 10.3. The molecule has 0 aromatic carbocycles. The molecule has 0 radical (unpaired) electrons. The average Bonchev–Trinajstić information content (AvgIpc) is 2.15. The van der Waals surface area contributed by atoms with Gasteiger partial charge < -0.3 is 15.1 Å². The van der Waals surface area contributed by atoms with Gasteiger partial charge in [-0.2, -0.15) is 0 Å². The third kappa shape index (κ3) is 8.48. The maximum Gasteiger partial charge on any atom is 0.0107 e. The number of hydrogen-bond acceptors (Lipinski definition) is 3. The van der Waals surface area contributed by atoms with E-state index >= 15 is 0 Å². The number of hydrogen-bond donors (Lipinski definition) is 1. The predicted octanol–water partition coefficient (Wildman–Crippen LogP) is 0.870. The van der Waals surface area contributed by atoms with E-state index in [4.69, 9.17) is 0 Å². The van der Waals surface area contributed by atoms with Gasteiger partial charge in [-0.15, -0.1) is 0 Å². The summed E-state index contributed by atoms with van der Waals surface area (Å²) in [5, 5.41) is 3.36. The van der Waals surface area contributed by atoms with Gasteiger partial charge in [0.05, 0.1) is 0 Å². The first kappa shape index (κ1) is 13.9. The van der Waals surface area contributed by atoms with Crippen LogP contribution >= 0.6 is 0 Å². The summed E-state index contributed by atoms with van der Waals surface area (Å²) in [7, 11) is 4.27. The second-order valence-electron chi connectivity index (χ2n) is 3.94. The van der Waals surface area contributed by atoms with E-state index in [0.717, 1.165) is 13.1 Å². The van der Waals surface area contributed by atoms with Crippen molar-refractivity contribution < 1.29 is 0 Å². The second kappa shape index (κ2) is 9.44. The highest BCUT2D eigenvalue weighted by Gasteiger charge is 2.01. The fourth-order valence-electron chi connectivity index (χ4n) is 1.45. The Hall–Kier alpha value is -0.120. The van der Waals surface area contributed by atoms with Gasteiger partial charge in [0.25, 0.3) is 0 Å². The van der Waals surface area contributed by atoms with Crippen LogP contribution in [0, 0.1) is 0 Å². The first-order valence-corrected chi connectivity index (χ1v) is 5.78. The smallest absolute Gasteiger partial charge is 0.0107 e. The maximum atomic E-state index is 3.36. The molecule has 0 heterocycles. The molecule has 0 bridgehead atoms. The van der Waals surface area contributed by atoms with Gasteiger partial charge in [-0.3, -0.25) is 0 Å². The van der Waals surface area contributed by atoms with Crippen LogP contribution in [0.5, 0.6) is 0 Å².